The third-order valence-electron chi connectivity index (χ3n) is 3.78. The molecule has 0 bridgehead atoms. The van der Waals surface area contributed by atoms with Crippen molar-refractivity contribution >= 4 is 11.7 Å². The number of aromatic nitrogens is 2. The van der Waals surface area contributed by atoms with Gasteiger partial charge in [-0.1, -0.05) is 0 Å². The number of amides is 1. The maximum atomic E-state index is 12.4. The van der Waals surface area contributed by atoms with Crippen molar-refractivity contribution < 1.29 is 13.9 Å². The van der Waals surface area contributed by atoms with Crippen LogP contribution in [0.3, 0.4) is 0 Å². The summed E-state index contributed by atoms with van der Waals surface area (Å²) in [5.74, 6) is 1.16. The zero-order valence-corrected chi connectivity index (χ0v) is 13.3. The molecule has 1 saturated heterocycles. The standard InChI is InChI=1S/C16H20N4O3/c1-19(2)14-15(18-7-6-17-14)23-13-4-3-8-20(10-13)16(21)12-5-9-22-11-12/h5-7,9,11,13H,3-4,8,10H2,1-2H3. The Morgan fingerprint density at radius 1 is 1.39 bits per heavy atom. The smallest absolute Gasteiger partial charge is 0.257 e. The minimum atomic E-state index is -0.0880. The zero-order chi connectivity index (χ0) is 16.2. The molecule has 1 atom stereocenters. The third kappa shape index (κ3) is 3.44. The lowest BCUT2D eigenvalue weighted by atomic mass is 10.1. The highest BCUT2D eigenvalue weighted by Crippen LogP contribution is 2.24. The van der Waals surface area contributed by atoms with Crippen molar-refractivity contribution in [1.29, 1.82) is 0 Å². The third-order valence-corrected chi connectivity index (χ3v) is 3.78. The van der Waals surface area contributed by atoms with Gasteiger partial charge in [-0.15, -0.1) is 0 Å². The van der Waals surface area contributed by atoms with E-state index in [1.807, 2.05) is 19.0 Å². The largest absolute Gasteiger partial charge is 0.472 e. The fourth-order valence-electron chi connectivity index (χ4n) is 2.65. The van der Waals surface area contributed by atoms with Crippen LogP contribution in [-0.2, 0) is 0 Å². The summed E-state index contributed by atoms with van der Waals surface area (Å²) in [7, 11) is 3.79. The zero-order valence-electron chi connectivity index (χ0n) is 13.3. The lowest BCUT2D eigenvalue weighted by Crippen LogP contribution is -2.44. The van der Waals surface area contributed by atoms with Crippen LogP contribution in [0.25, 0.3) is 0 Å². The molecule has 23 heavy (non-hydrogen) atoms. The fourth-order valence-corrected chi connectivity index (χ4v) is 2.65. The molecule has 3 rings (SSSR count). The second kappa shape index (κ2) is 6.68. The molecular weight excluding hydrogens is 296 g/mol. The molecule has 1 amide bonds. The molecule has 2 aromatic heterocycles. The molecule has 0 aromatic carbocycles. The number of likely N-dealkylation sites (tertiary alicyclic amines) is 1. The Labute approximate surface area is 134 Å². The predicted molar refractivity (Wildman–Crippen MR) is 84.6 cm³/mol. The van der Waals surface area contributed by atoms with Crippen molar-refractivity contribution in [3.63, 3.8) is 0 Å². The van der Waals surface area contributed by atoms with Crippen molar-refractivity contribution in [2.45, 2.75) is 18.9 Å². The molecule has 0 saturated carbocycles. The lowest BCUT2D eigenvalue weighted by molar-refractivity contribution is 0.0527. The quantitative estimate of drug-likeness (QED) is 0.857. The van der Waals surface area contributed by atoms with Crippen molar-refractivity contribution in [3.05, 3.63) is 36.5 Å². The van der Waals surface area contributed by atoms with Crippen LogP contribution < -0.4 is 9.64 Å². The summed E-state index contributed by atoms with van der Waals surface area (Å²) in [4.78, 5) is 24.6. The van der Waals surface area contributed by atoms with E-state index in [4.69, 9.17) is 9.15 Å². The summed E-state index contributed by atoms with van der Waals surface area (Å²) in [6.45, 7) is 1.26. The first-order valence-corrected chi connectivity index (χ1v) is 7.61. The summed E-state index contributed by atoms with van der Waals surface area (Å²) < 4.78 is 11.0. The SMILES string of the molecule is CN(C)c1nccnc1OC1CCCN(C(=O)c2ccoc2)C1. The summed E-state index contributed by atoms with van der Waals surface area (Å²) in [6, 6.07) is 1.68. The summed E-state index contributed by atoms with van der Waals surface area (Å²) in [5.41, 5.74) is 0.569. The normalized spacial score (nSPS) is 17.8. The minimum Gasteiger partial charge on any atom is -0.472 e. The molecule has 2 aromatic rings. The Morgan fingerprint density at radius 3 is 2.96 bits per heavy atom. The van der Waals surface area contributed by atoms with Gasteiger partial charge in [-0.3, -0.25) is 4.79 Å². The van der Waals surface area contributed by atoms with Gasteiger partial charge < -0.3 is 19.0 Å². The van der Waals surface area contributed by atoms with Gasteiger partial charge in [-0.2, -0.15) is 0 Å². The molecule has 122 valence electrons. The Kier molecular flexibility index (Phi) is 4.45. The second-order valence-electron chi connectivity index (χ2n) is 5.72. The van der Waals surface area contributed by atoms with Crippen LogP contribution in [0.2, 0.25) is 0 Å². The molecule has 0 radical (unpaired) electrons. The minimum absolute atomic E-state index is 0.0287. The average Bonchev–Trinajstić information content (AvgIpc) is 3.09. The van der Waals surface area contributed by atoms with Crippen LogP contribution in [-0.4, -0.2) is 54.1 Å². The molecule has 1 aliphatic rings. The van der Waals surface area contributed by atoms with E-state index in [0.29, 0.717) is 23.8 Å². The molecule has 0 spiro atoms. The van der Waals surface area contributed by atoms with Gasteiger partial charge in [-0.25, -0.2) is 9.97 Å². The van der Waals surface area contributed by atoms with E-state index in [-0.39, 0.29) is 12.0 Å². The molecule has 1 aliphatic heterocycles. The molecule has 0 aliphatic carbocycles. The van der Waals surface area contributed by atoms with Crippen LogP contribution in [0, 0.1) is 0 Å². The Bertz CT molecular complexity index is 657. The van der Waals surface area contributed by atoms with Crippen LogP contribution in [0.5, 0.6) is 5.88 Å². The second-order valence-corrected chi connectivity index (χ2v) is 5.72. The van der Waals surface area contributed by atoms with E-state index in [1.165, 1.54) is 12.5 Å². The highest BCUT2D eigenvalue weighted by Gasteiger charge is 2.27. The van der Waals surface area contributed by atoms with E-state index in [0.717, 1.165) is 19.4 Å². The number of hydrogen-bond acceptors (Lipinski definition) is 6. The van der Waals surface area contributed by atoms with Crippen molar-refractivity contribution in [2.24, 2.45) is 0 Å². The summed E-state index contributed by atoms with van der Waals surface area (Å²) in [5, 5.41) is 0. The number of furan rings is 1. The fraction of sp³-hybridized carbons (Fsp3) is 0.438. The number of rotatable bonds is 4. The van der Waals surface area contributed by atoms with Gasteiger partial charge in [0.05, 0.1) is 18.4 Å². The topological polar surface area (TPSA) is 71.7 Å². The van der Waals surface area contributed by atoms with Crippen molar-refractivity contribution in [2.75, 3.05) is 32.1 Å². The van der Waals surface area contributed by atoms with E-state index in [2.05, 4.69) is 9.97 Å². The number of anilines is 1. The first-order chi connectivity index (χ1) is 11.1. The number of carbonyl (C=O) groups is 1. The van der Waals surface area contributed by atoms with E-state index >= 15 is 0 Å². The monoisotopic (exact) mass is 316 g/mol. The van der Waals surface area contributed by atoms with Gasteiger partial charge in [-0.05, 0) is 18.9 Å². The molecule has 3 heterocycles. The number of carbonyl (C=O) groups excluding carboxylic acids is 1. The van der Waals surface area contributed by atoms with Crippen LogP contribution in [0.15, 0.2) is 35.4 Å². The van der Waals surface area contributed by atoms with E-state index in [1.54, 1.807) is 23.4 Å². The summed E-state index contributed by atoms with van der Waals surface area (Å²) >= 11 is 0. The first kappa shape index (κ1) is 15.3. The molecular formula is C16H20N4O3. The highest BCUT2D eigenvalue weighted by molar-refractivity contribution is 5.93. The van der Waals surface area contributed by atoms with Gasteiger partial charge in [0.25, 0.3) is 11.8 Å². The van der Waals surface area contributed by atoms with Crippen molar-refractivity contribution in [1.82, 2.24) is 14.9 Å². The Balaban J connectivity index is 1.69. The Hall–Kier alpha value is -2.57. The van der Waals surface area contributed by atoms with Gasteiger partial charge in [0, 0.05) is 33.0 Å². The summed E-state index contributed by atoms with van der Waals surface area (Å²) in [6.07, 6.45) is 7.92. The van der Waals surface area contributed by atoms with Gasteiger partial charge in [0.15, 0.2) is 5.82 Å². The average molecular weight is 316 g/mol. The molecule has 1 fully saturated rings. The van der Waals surface area contributed by atoms with Gasteiger partial charge in [0.1, 0.15) is 12.4 Å². The Morgan fingerprint density at radius 2 is 2.22 bits per heavy atom. The number of nitrogens with zero attached hydrogens (tertiary/aromatic N) is 4. The maximum absolute atomic E-state index is 12.4. The molecule has 7 heteroatoms. The van der Waals surface area contributed by atoms with Crippen molar-refractivity contribution in [3.8, 4) is 5.88 Å². The maximum Gasteiger partial charge on any atom is 0.257 e. The van der Waals surface area contributed by atoms with E-state index in [9.17, 15) is 4.79 Å². The number of hydrogen-bond donors (Lipinski definition) is 0. The van der Waals surface area contributed by atoms with E-state index < -0.39 is 0 Å². The number of ether oxygens (including phenoxy) is 1. The first-order valence-electron chi connectivity index (χ1n) is 7.61. The van der Waals surface area contributed by atoms with Crippen LogP contribution in [0.1, 0.15) is 23.2 Å². The molecule has 1 unspecified atom stereocenters. The number of piperidine rings is 1. The lowest BCUT2D eigenvalue weighted by Gasteiger charge is -2.32. The molecule has 7 nitrogen and oxygen atoms in total. The van der Waals surface area contributed by atoms with Gasteiger partial charge in [0.2, 0.25) is 0 Å². The van der Waals surface area contributed by atoms with Crippen LogP contribution >= 0.6 is 0 Å². The predicted octanol–water partition coefficient (Wildman–Crippen LogP) is 1.82. The highest BCUT2D eigenvalue weighted by atomic mass is 16.5. The van der Waals surface area contributed by atoms with Crippen LogP contribution in [0.4, 0.5) is 5.82 Å². The molecule has 0 N–H and O–H groups in total. The van der Waals surface area contributed by atoms with Gasteiger partial charge >= 0.3 is 0 Å².